The number of carbonyl (C=O) groups is 1. The molecule has 4 rings (SSSR count). The summed E-state index contributed by atoms with van der Waals surface area (Å²) in [5.74, 6) is 1.34. The van der Waals surface area contributed by atoms with Gasteiger partial charge in [0.1, 0.15) is 11.5 Å². The molecule has 1 aliphatic rings. The summed E-state index contributed by atoms with van der Waals surface area (Å²) in [4.78, 5) is 15.1. The van der Waals surface area contributed by atoms with Crippen LogP contribution in [0.3, 0.4) is 0 Å². The summed E-state index contributed by atoms with van der Waals surface area (Å²) >= 11 is 0. The number of nitrogens with zero attached hydrogens (tertiary/aromatic N) is 3. The minimum Gasteiger partial charge on any atom is -0.497 e. The number of furan rings is 1. The van der Waals surface area contributed by atoms with Gasteiger partial charge in [0.25, 0.3) is 5.91 Å². The summed E-state index contributed by atoms with van der Waals surface area (Å²) in [6.07, 6.45) is 1.63. The third-order valence-corrected chi connectivity index (χ3v) is 7.83. The minimum atomic E-state index is -3.62. The van der Waals surface area contributed by atoms with E-state index in [9.17, 15) is 13.2 Å². The molecule has 0 radical (unpaired) electrons. The Morgan fingerprint density at radius 1 is 1.06 bits per heavy atom. The molecule has 8 nitrogen and oxygen atoms in total. The Hall–Kier alpha value is -3.04. The molecule has 1 aliphatic heterocycles. The first-order chi connectivity index (χ1) is 15.3. The Bertz CT molecular complexity index is 1190. The molecule has 0 bridgehead atoms. The molecule has 0 saturated carbocycles. The summed E-state index contributed by atoms with van der Waals surface area (Å²) in [6, 6.07) is 12.0. The van der Waals surface area contributed by atoms with Gasteiger partial charge in [0.05, 0.1) is 30.4 Å². The van der Waals surface area contributed by atoms with Crippen molar-refractivity contribution in [3.63, 3.8) is 0 Å². The molecule has 3 aromatic rings. The van der Waals surface area contributed by atoms with E-state index in [0.29, 0.717) is 30.9 Å². The van der Waals surface area contributed by atoms with Crippen LogP contribution in [0.1, 0.15) is 27.5 Å². The highest BCUT2D eigenvalue weighted by molar-refractivity contribution is 7.89. The van der Waals surface area contributed by atoms with E-state index in [2.05, 4.69) is 4.57 Å². The molecule has 1 aromatic carbocycles. The van der Waals surface area contributed by atoms with E-state index in [0.717, 1.165) is 17.1 Å². The number of rotatable bonds is 6. The lowest BCUT2D eigenvalue weighted by atomic mass is 10.2. The predicted molar refractivity (Wildman–Crippen MR) is 119 cm³/mol. The molecule has 0 atom stereocenters. The van der Waals surface area contributed by atoms with Gasteiger partial charge in [0, 0.05) is 37.6 Å². The number of aromatic nitrogens is 1. The first-order valence-corrected chi connectivity index (χ1v) is 11.9. The molecule has 1 fully saturated rings. The van der Waals surface area contributed by atoms with Crippen LogP contribution < -0.4 is 4.74 Å². The number of hydrogen-bond donors (Lipinski definition) is 0. The second-order valence-electron chi connectivity index (χ2n) is 7.82. The molecule has 32 heavy (non-hydrogen) atoms. The minimum absolute atomic E-state index is 0.0784. The lowest BCUT2D eigenvalue weighted by Crippen LogP contribution is -2.50. The molecular formula is C23H27N3O5S. The maximum Gasteiger partial charge on any atom is 0.255 e. The van der Waals surface area contributed by atoms with E-state index < -0.39 is 10.0 Å². The van der Waals surface area contributed by atoms with Gasteiger partial charge in [-0.05, 0) is 56.3 Å². The fourth-order valence-electron chi connectivity index (χ4n) is 4.02. The zero-order valence-corrected chi connectivity index (χ0v) is 19.3. The molecular weight excluding hydrogens is 430 g/mol. The maximum absolute atomic E-state index is 13.2. The summed E-state index contributed by atoms with van der Waals surface area (Å²) < 4.78 is 39.9. The topological polar surface area (TPSA) is 85.0 Å². The fourth-order valence-corrected chi connectivity index (χ4v) is 5.44. The van der Waals surface area contributed by atoms with Crippen molar-refractivity contribution >= 4 is 15.9 Å². The maximum atomic E-state index is 13.2. The van der Waals surface area contributed by atoms with Crippen LogP contribution in [-0.2, 0) is 16.6 Å². The average molecular weight is 458 g/mol. The molecule has 0 unspecified atom stereocenters. The van der Waals surface area contributed by atoms with Crippen LogP contribution in [0, 0.1) is 13.8 Å². The molecule has 0 spiro atoms. The molecule has 3 heterocycles. The van der Waals surface area contributed by atoms with Crippen LogP contribution in [0.2, 0.25) is 0 Å². The van der Waals surface area contributed by atoms with Crippen molar-refractivity contribution in [1.82, 2.24) is 13.8 Å². The van der Waals surface area contributed by atoms with Crippen LogP contribution in [-0.4, -0.2) is 61.4 Å². The second kappa shape index (κ2) is 8.84. The Kier molecular flexibility index (Phi) is 6.12. The number of hydrogen-bond acceptors (Lipinski definition) is 5. The number of benzene rings is 1. The smallest absolute Gasteiger partial charge is 0.255 e. The van der Waals surface area contributed by atoms with Gasteiger partial charge in [-0.2, -0.15) is 4.31 Å². The molecule has 0 N–H and O–H groups in total. The van der Waals surface area contributed by atoms with Gasteiger partial charge in [-0.25, -0.2) is 8.42 Å². The van der Waals surface area contributed by atoms with Crippen LogP contribution in [0.4, 0.5) is 0 Å². The monoisotopic (exact) mass is 457 g/mol. The quantitative estimate of drug-likeness (QED) is 0.568. The van der Waals surface area contributed by atoms with Crippen LogP contribution in [0.15, 0.2) is 58.0 Å². The number of amides is 1. The lowest BCUT2D eigenvalue weighted by molar-refractivity contribution is 0.0697. The molecule has 1 amide bonds. The number of piperazine rings is 1. The van der Waals surface area contributed by atoms with Gasteiger partial charge in [0.2, 0.25) is 10.0 Å². The number of aryl methyl sites for hydroxylation is 1. The summed E-state index contributed by atoms with van der Waals surface area (Å²) in [6.45, 7) is 5.65. The van der Waals surface area contributed by atoms with Crippen LogP contribution >= 0.6 is 0 Å². The first-order valence-electron chi connectivity index (χ1n) is 10.4. The van der Waals surface area contributed by atoms with Crippen LogP contribution in [0.5, 0.6) is 5.75 Å². The SMILES string of the molecule is COc1ccc(S(=O)(=O)N2CCN(C(=O)c3cc(C)n(Cc4ccco4)c3C)CC2)cc1. The van der Waals surface area contributed by atoms with Gasteiger partial charge < -0.3 is 18.6 Å². The van der Waals surface area contributed by atoms with Gasteiger partial charge in [-0.15, -0.1) is 0 Å². The predicted octanol–water partition coefficient (Wildman–Crippen LogP) is 2.90. The van der Waals surface area contributed by atoms with E-state index in [1.807, 2.05) is 32.0 Å². The van der Waals surface area contributed by atoms with E-state index in [4.69, 9.17) is 9.15 Å². The number of sulfonamides is 1. The Morgan fingerprint density at radius 2 is 1.75 bits per heavy atom. The van der Waals surface area contributed by atoms with Crippen molar-refractivity contribution in [2.45, 2.75) is 25.3 Å². The van der Waals surface area contributed by atoms with E-state index in [1.165, 1.54) is 11.4 Å². The van der Waals surface area contributed by atoms with Crippen molar-refractivity contribution in [1.29, 1.82) is 0 Å². The van der Waals surface area contributed by atoms with Gasteiger partial charge >= 0.3 is 0 Å². The Morgan fingerprint density at radius 3 is 2.34 bits per heavy atom. The fraction of sp³-hybridized carbons (Fsp3) is 0.348. The van der Waals surface area contributed by atoms with Crippen molar-refractivity contribution in [3.8, 4) is 5.75 Å². The highest BCUT2D eigenvalue weighted by atomic mass is 32.2. The summed E-state index contributed by atoms with van der Waals surface area (Å²) in [7, 11) is -2.08. The van der Waals surface area contributed by atoms with Crippen molar-refractivity contribution in [2.24, 2.45) is 0 Å². The molecule has 170 valence electrons. The van der Waals surface area contributed by atoms with Crippen LogP contribution in [0.25, 0.3) is 0 Å². The molecule has 1 saturated heterocycles. The number of methoxy groups -OCH3 is 1. The van der Waals surface area contributed by atoms with Gasteiger partial charge in [0.15, 0.2) is 0 Å². The summed E-state index contributed by atoms with van der Waals surface area (Å²) in [5, 5.41) is 0. The lowest BCUT2D eigenvalue weighted by Gasteiger charge is -2.34. The summed E-state index contributed by atoms with van der Waals surface area (Å²) in [5.41, 5.74) is 2.49. The zero-order valence-electron chi connectivity index (χ0n) is 18.4. The van der Waals surface area contributed by atoms with Gasteiger partial charge in [-0.1, -0.05) is 0 Å². The largest absolute Gasteiger partial charge is 0.497 e. The third kappa shape index (κ3) is 4.18. The number of ether oxygens (including phenoxy) is 1. The first kappa shape index (κ1) is 22.2. The van der Waals surface area contributed by atoms with Crippen molar-refractivity contribution in [2.75, 3.05) is 33.3 Å². The molecule has 0 aliphatic carbocycles. The van der Waals surface area contributed by atoms with Gasteiger partial charge in [-0.3, -0.25) is 4.79 Å². The van der Waals surface area contributed by atoms with Crippen molar-refractivity contribution < 1.29 is 22.4 Å². The third-order valence-electron chi connectivity index (χ3n) is 5.92. The molecule has 2 aromatic heterocycles. The average Bonchev–Trinajstić information content (AvgIpc) is 3.42. The molecule has 9 heteroatoms. The number of carbonyl (C=O) groups excluding carboxylic acids is 1. The highest BCUT2D eigenvalue weighted by Crippen LogP contribution is 2.23. The second-order valence-corrected chi connectivity index (χ2v) is 9.76. The van der Waals surface area contributed by atoms with E-state index >= 15 is 0 Å². The Labute approximate surface area is 188 Å². The normalized spacial score (nSPS) is 15.2. The Balaban J connectivity index is 1.44. The zero-order chi connectivity index (χ0) is 22.9. The highest BCUT2D eigenvalue weighted by Gasteiger charge is 2.31. The standard InChI is InChI=1S/C23H27N3O5S/c1-17-15-22(18(2)26(17)16-20-5-4-14-31-20)23(27)24-10-12-25(13-11-24)32(28,29)21-8-6-19(30-3)7-9-21/h4-9,14-15H,10-13,16H2,1-3H3. The van der Waals surface area contributed by atoms with E-state index in [-0.39, 0.29) is 23.9 Å². The van der Waals surface area contributed by atoms with E-state index in [1.54, 1.807) is 35.4 Å². The van der Waals surface area contributed by atoms with Crippen molar-refractivity contribution in [3.05, 3.63) is 71.4 Å².